The average Bonchev–Trinajstić information content (AvgIpc) is 3.25. The zero-order valence-corrected chi connectivity index (χ0v) is 14.3. The lowest BCUT2D eigenvalue weighted by Crippen LogP contribution is -2.38. The summed E-state index contributed by atoms with van der Waals surface area (Å²) in [7, 11) is 0. The molecule has 3 rings (SSSR count). The van der Waals surface area contributed by atoms with Crippen molar-refractivity contribution in [1.29, 1.82) is 0 Å². The highest BCUT2D eigenvalue weighted by Crippen LogP contribution is 2.44. The van der Waals surface area contributed by atoms with Crippen LogP contribution in [0.2, 0.25) is 0 Å². The summed E-state index contributed by atoms with van der Waals surface area (Å²) < 4.78 is 4.96. The molecule has 2 heterocycles. The molecule has 6 heteroatoms. The summed E-state index contributed by atoms with van der Waals surface area (Å²) in [6.07, 6.45) is 4.01. The van der Waals surface area contributed by atoms with Crippen LogP contribution in [0, 0.1) is 6.92 Å². The Labute approximate surface area is 139 Å². The Bertz CT molecular complexity index is 684. The van der Waals surface area contributed by atoms with E-state index in [2.05, 4.69) is 16.5 Å². The first kappa shape index (κ1) is 16.2. The standard InChI is InChI=1S/C17H22N2O3S/c1-11-9-13(19-22-11)16(21)18-10-17(7-3-4-8-17)15-6-5-14(23-15)12(2)20/h5-6,9,12,20H,3-4,7-8,10H2,1-2H3,(H,18,21)/t12-/m0/s1. The Kier molecular flexibility index (Phi) is 4.55. The Morgan fingerprint density at radius 1 is 1.48 bits per heavy atom. The Balaban J connectivity index is 1.74. The van der Waals surface area contributed by atoms with Crippen LogP contribution in [-0.2, 0) is 5.41 Å². The molecule has 0 spiro atoms. The smallest absolute Gasteiger partial charge is 0.273 e. The van der Waals surface area contributed by atoms with Crippen molar-refractivity contribution in [3.8, 4) is 0 Å². The van der Waals surface area contributed by atoms with E-state index in [1.165, 1.54) is 17.7 Å². The maximum atomic E-state index is 12.2. The number of hydrogen-bond donors (Lipinski definition) is 2. The average molecular weight is 334 g/mol. The SMILES string of the molecule is Cc1cc(C(=O)NCC2(c3ccc([C@H](C)O)s3)CCCC2)no1. The van der Waals surface area contributed by atoms with Crippen LogP contribution in [0.5, 0.6) is 0 Å². The number of thiophene rings is 1. The highest BCUT2D eigenvalue weighted by atomic mass is 32.1. The zero-order valence-electron chi connectivity index (χ0n) is 13.5. The number of hydrogen-bond acceptors (Lipinski definition) is 5. The van der Waals surface area contributed by atoms with E-state index >= 15 is 0 Å². The number of nitrogens with one attached hydrogen (secondary N) is 1. The Morgan fingerprint density at radius 2 is 2.22 bits per heavy atom. The van der Waals surface area contributed by atoms with Gasteiger partial charge in [0.05, 0.1) is 6.10 Å². The molecule has 2 N–H and O–H groups in total. The maximum Gasteiger partial charge on any atom is 0.273 e. The summed E-state index contributed by atoms with van der Waals surface area (Å²) in [4.78, 5) is 14.5. The van der Waals surface area contributed by atoms with Crippen LogP contribution in [0.1, 0.15) is 64.7 Å². The predicted octanol–water partition coefficient (Wildman–Crippen LogP) is 3.34. The van der Waals surface area contributed by atoms with E-state index in [4.69, 9.17) is 4.52 Å². The van der Waals surface area contributed by atoms with Gasteiger partial charge in [0.1, 0.15) is 5.76 Å². The number of aliphatic hydroxyl groups is 1. The van der Waals surface area contributed by atoms with Crippen molar-refractivity contribution in [2.75, 3.05) is 6.54 Å². The highest BCUT2D eigenvalue weighted by molar-refractivity contribution is 7.12. The predicted molar refractivity (Wildman–Crippen MR) is 88.7 cm³/mol. The molecule has 1 fully saturated rings. The number of carbonyl (C=O) groups is 1. The summed E-state index contributed by atoms with van der Waals surface area (Å²) in [5.74, 6) is 0.436. The van der Waals surface area contributed by atoms with Crippen molar-refractivity contribution in [2.24, 2.45) is 0 Å². The van der Waals surface area contributed by atoms with Gasteiger partial charge in [-0.15, -0.1) is 11.3 Å². The van der Waals surface area contributed by atoms with Gasteiger partial charge in [-0.25, -0.2) is 0 Å². The third kappa shape index (κ3) is 3.33. The fraction of sp³-hybridized carbons (Fsp3) is 0.529. The number of rotatable bonds is 5. The second-order valence-corrected chi connectivity index (χ2v) is 7.49. The fourth-order valence-corrected chi connectivity index (χ4v) is 4.43. The van der Waals surface area contributed by atoms with Crippen molar-refractivity contribution < 1.29 is 14.4 Å². The van der Waals surface area contributed by atoms with Crippen molar-refractivity contribution in [1.82, 2.24) is 10.5 Å². The van der Waals surface area contributed by atoms with Gasteiger partial charge in [0.25, 0.3) is 5.91 Å². The van der Waals surface area contributed by atoms with Crippen molar-refractivity contribution in [3.05, 3.63) is 39.4 Å². The molecule has 1 aliphatic rings. The molecule has 0 aliphatic heterocycles. The lowest BCUT2D eigenvalue weighted by atomic mass is 9.84. The third-order valence-electron chi connectivity index (χ3n) is 4.57. The number of nitrogens with zero attached hydrogens (tertiary/aromatic N) is 1. The van der Waals surface area contributed by atoms with Crippen molar-refractivity contribution >= 4 is 17.2 Å². The molecule has 124 valence electrons. The molecule has 0 aromatic carbocycles. The number of carbonyl (C=O) groups excluding carboxylic acids is 1. The van der Waals surface area contributed by atoms with E-state index in [9.17, 15) is 9.90 Å². The zero-order chi connectivity index (χ0) is 16.4. The fourth-order valence-electron chi connectivity index (χ4n) is 3.24. The lowest BCUT2D eigenvalue weighted by molar-refractivity contribution is 0.0934. The molecular formula is C17H22N2O3S. The van der Waals surface area contributed by atoms with Gasteiger partial charge in [0.2, 0.25) is 0 Å². The summed E-state index contributed by atoms with van der Waals surface area (Å²) in [6.45, 7) is 4.15. The van der Waals surface area contributed by atoms with Gasteiger partial charge < -0.3 is 14.9 Å². The first-order valence-corrected chi connectivity index (χ1v) is 8.82. The normalized spacial score (nSPS) is 18.0. The van der Waals surface area contributed by atoms with Gasteiger partial charge in [-0.3, -0.25) is 4.79 Å². The van der Waals surface area contributed by atoms with Crippen LogP contribution < -0.4 is 5.32 Å². The van der Waals surface area contributed by atoms with Crippen LogP contribution in [0.3, 0.4) is 0 Å². The minimum Gasteiger partial charge on any atom is -0.388 e. The molecule has 0 saturated heterocycles. The lowest BCUT2D eigenvalue weighted by Gasteiger charge is -2.28. The van der Waals surface area contributed by atoms with Gasteiger partial charge in [0, 0.05) is 27.8 Å². The van der Waals surface area contributed by atoms with Gasteiger partial charge in [-0.2, -0.15) is 0 Å². The molecule has 0 bridgehead atoms. The van der Waals surface area contributed by atoms with Gasteiger partial charge in [0.15, 0.2) is 5.69 Å². The number of aryl methyl sites for hydroxylation is 1. The largest absolute Gasteiger partial charge is 0.388 e. The first-order valence-electron chi connectivity index (χ1n) is 8.00. The van der Waals surface area contributed by atoms with Gasteiger partial charge in [-0.1, -0.05) is 18.0 Å². The van der Waals surface area contributed by atoms with Crippen LogP contribution in [-0.4, -0.2) is 22.7 Å². The van der Waals surface area contributed by atoms with E-state index in [1.807, 2.05) is 6.07 Å². The van der Waals surface area contributed by atoms with E-state index in [-0.39, 0.29) is 11.3 Å². The monoisotopic (exact) mass is 334 g/mol. The Morgan fingerprint density at radius 3 is 2.78 bits per heavy atom. The number of aromatic nitrogens is 1. The molecule has 5 nitrogen and oxygen atoms in total. The molecule has 23 heavy (non-hydrogen) atoms. The molecular weight excluding hydrogens is 312 g/mol. The molecule has 1 saturated carbocycles. The van der Waals surface area contributed by atoms with Gasteiger partial charge >= 0.3 is 0 Å². The van der Waals surface area contributed by atoms with E-state index in [0.29, 0.717) is 18.0 Å². The van der Waals surface area contributed by atoms with E-state index in [0.717, 1.165) is 17.7 Å². The Hall–Kier alpha value is -1.66. The molecule has 0 unspecified atom stereocenters. The minimum atomic E-state index is -0.445. The van der Waals surface area contributed by atoms with Crippen molar-refractivity contribution in [2.45, 2.75) is 51.0 Å². The molecule has 1 amide bonds. The second-order valence-electron chi connectivity index (χ2n) is 6.37. The van der Waals surface area contributed by atoms with Crippen molar-refractivity contribution in [3.63, 3.8) is 0 Å². The van der Waals surface area contributed by atoms with Crippen LogP contribution in [0.4, 0.5) is 0 Å². The highest BCUT2D eigenvalue weighted by Gasteiger charge is 2.37. The maximum absolute atomic E-state index is 12.2. The topological polar surface area (TPSA) is 75.4 Å². The molecule has 2 aromatic heterocycles. The van der Waals surface area contributed by atoms with Crippen LogP contribution in [0.25, 0.3) is 0 Å². The second kappa shape index (κ2) is 6.45. The summed E-state index contributed by atoms with van der Waals surface area (Å²) in [5.41, 5.74) is 0.304. The quantitative estimate of drug-likeness (QED) is 0.879. The summed E-state index contributed by atoms with van der Waals surface area (Å²) >= 11 is 1.65. The minimum absolute atomic E-state index is 0.0216. The van der Waals surface area contributed by atoms with Gasteiger partial charge in [-0.05, 0) is 38.8 Å². The molecule has 2 aromatic rings. The van der Waals surface area contributed by atoms with Crippen LogP contribution >= 0.6 is 11.3 Å². The summed E-state index contributed by atoms with van der Waals surface area (Å²) in [5, 5.41) is 16.5. The molecule has 0 radical (unpaired) electrons. The van der Waals surface area contributed by atoms with E-state index in [1.54, 1.807) is 31.3 Å². The number of aliphatic hydroxyl groups excluding tert-OH is 1. The molecule has 1 atom stereocenters. The number of amides is 1. The summed E-state index contributed by atoms with van der Waals surface area (Å²) in [6, 6.07) is 5.74. The van der Waals surface area contributed by atoms with Crippen LogP contribution in [0.15, 0.2) is 22.7 Å². The third-order valence-corrected chi connectivity index (χ3v) is 6.07. The first-order chi connectivity index (χ1) is 11.0. The van der Waals surface area contributed by atoms with E-state index < -0.39 is 6.10 Å². The molecule has 1 aliphatic carbocycles.